The standard InChI is InChI=1S/C20H26N2O5S/c1-13(2)22-28(24,25)16-10-11-19(26-5)17(12-16)21-20(23)15(4)27-18-9-7-6-8-14(18)3/h6-13,15,22H,1-5H3,(H,21,23)/t15-/m0/s1. The molecule has 7 nitrogen and oxygen atoms in total. The number of aryl methyl sites for hydroxylation is 1. The summed E-state index contributed by atoms with van der Waals surface area (Å²) >= 11 is 0. The Hall–Kier alpha value is -2.58. The fraction of sp³-hybridized carbons (Fsp3) is 0.350. The van der Waals surface area contributed by atoms with Gasteiger partial charge in [0.05, 0.1) is 17.7 Å². The van der Waals surface area contributed by atoms with Gasteiger partial charge in [0.2, 0.25) is 10.0 Å². The van der Waals surface area contributed by atoms with Crippen molar-refractivity contribution in [3.63, 3.8) is 0 Å². The number of sulfonamides is 1. The molecule has 0 bridgehead atoms. The van der Waals surface area contributed by atoms with E-state index in [0.717, 1.165) is 5.56 Å². The van der Waals surface area contributed by atoms with Crippen LogP contribution in [0.1, 0.15) is 26.3 Å². The fourth-order valence-electron chi connectivity index (χ4n) is 2.50. The van der Waals surface area contributed by atoms with Crippen molar-refractivity contribution in [1.82, 2.24) is 4.72 Å². The SMILES string of the molecule is COc1ccc(S(=O)(=O)NC(C)C)cc1NC(=O)[C@H](C)Oc1ccccc1C. The fourth-order valence-corrected chi connectivity index (χ4v) is 3.77. The van der Waals surface area contributed by atoms with E-state index in [0.29, 0.717) is 11.5 Å². The zero-order valence-electron chi connectivity index (χ0n) is 16.6. The van der Waals surface area contributed by atoms with Gasteiger partial charge in [0, 0.05) is 6.04 Å². The van der Waals surface area contributed by atoms with Gasteiger partial charge in [-0.3, -0.25) is 4.79 Å². The first-order valence-electron chi connectivity index (χ1n) is 8.87. The number of rotatable bonds is 8. The maximum absolute atomic E-state index is 12.6. The van der Waals surface area contributed by atoms with Crippen molar-refractivity contribution in [1.29, 1.82) is 0 Å². The Bertz CT molecular complexity index is 941. The molecule has 8 heteroatoms. The molecule has 0 radical (unpaired) electrons. The Labute approximate surface area is 166 Å². The molecule has 2 aromatic carbocycles. The van der Waals surface area contributed by atoms with Crippen LogP contribution in [0.4, 0.5) is 5.69 Å². The monoisotopic (exact) mass is 406 g/mol. The lowest BCUT2D eigenvalue weighted by atomic mass is 10.2. The summed E-state index contributed by atoms with van der Waals surface area (Å²) < 4.78 is 38.3. The minimum absolute atomic E-state index is 0.0322. The number of para-hydroxylation sites is 1. The summed E-state index contributed by atoms with van der Waals surface area (Å²) in [5.41, 5.74) is 1.16. The van der Waals surface area contributed by atoms with Crippen LogP contribution in [-0.4, -0.2) is 33.6 Å². The van der Waals surface area contributed by atoms with E-state index in [1.165, 1.54) is 25.3 Å². The van der Waals surface area contributed by atoms with Crippen molar-refractivity contribution in [3.05, 3.63) is 48.0 Å². The molecule has 0 spiro atoms. The van der Waals surface area contributed by atoms with Crippen LogP contribution in [0.15, 0.2) is 47.4 Å². The van der Waals surface area contributed by atoms with Crippen LogP contribution in [0.3, 0.4) is 0 Å². The number of carbonyl (C=O) groups is 1. The summed E-state index contributed by atoms with van der Waals surface area (Å²) in [5, 5.41) is 2.69. The molecule has 2 N–H and O–H groups in total. The molecule has 0 heterocycles. The normalized spacial score (nSPS) is 12.5. The average molecular weight is 407 g/mol. The molecule has 0 fully saturated rings. The zero-order chi connectivity index (χ0) is 20.9. The maximum atomic E-state index is 12.6. The number of hydrogen-bond acceptors (Lipinski definition) is 5. The van der Waals surface area contributed by atoms with E-state index in [1.807, 2.05) is 25.1 Å². The van der Waals surface area contributed by atoms with Crippen LogP contribution < -0.4 is 19.5 Å². The number of benzene rings is 2. The highest BCUT2D eigenvalue weighted by Gasteiger charge is 2.21. The minimum Gasteiger partial charge on any atom is -0.495 e. The highest BCUT2D eigenvalue weighted by molar-refractivity contribution is 7.89. The molecule has 152 valence electrons. The number of ether oxygens (including phenoxy) is 2. The molecule has 0 saturated carbocycles. The third kappa shape index (κ3) is 5.46. The van der Waals surface area contributed by atoms with E-state index < -0.39 is 22.0 Å². The van der Waals surface area contributed by atoms with Crippen LogP contribution in [0.2, 0.25) is 0 Å². The van der Waals surface area contributed by atoms with Gasteiger partial charge < -0.3 is 14.8 Å². The highest BCUT2D eigenvalue weighted by Crippen LogP contribution is 2.28. The van der Waals surface area contributed by atoms with Crippen LogP contribution in [0.25, 0.3) is 0 Å². The van der Waals surface area contributed by atoms with Crippen LogP contribution in [0.5, 0.6) is 11.5 Å². The molecule has 1 atom stereocenters. The van der Waals surface area contributed by atoms with Gasteiger partial charge in [-0.1, -0.05) is 18.2 Å². The van der Waals surface area contributed by atoms with E-state index in [2.05, 4.69) is 10.0 Å². The van der Waals surface area contributed by atoms with Crippen molar-refractivity contribution in [2.24, 2.45) is 0 Å². The smallest absolute Gasteiger partial charge is 0.265 e. The van der Waals surface area contributed by atoms with E-state index in [1.54, 1.807) is 26.8 Å². The molecular formula is C20H26N2O5S. The first-order valence-corrected chi connectivity index (χ1v) is 10.4. The molecule has 0 saturated heterocycles. The summed E-state index contributed by atoms with van der Waals surface area (Å²) in [7, 11) is -2.26. The summed E-state index contributed by atoms with van der Waals surface area (Å²) in [4.78, 5) is 12.6. The number of methoxy groups -OCH3 is 1. The van der Waals surface area contributed by atoms with Crippen molar-refractivity contribution in [2.45, 2.75) is 44.7 Å². The average Bonchev–Trinajstić information content (AvgIpc) is 2.62. The quantitative estimate of drug-likeness (QED) is 0.703. The lowest BCUT2D eigenvalue weighted by Crippen LogP contribution is -2.31. The second kappa shape index (κ2) is 9.07. The first kappa shape index (κ1) is 21.7. The van der Waals surface area contributed by atoms with Crippen LogP contribution >= 0.6 is 0 Å². The van der Waals surface area contributed by atoms with Gasteiger partial charge in [0.25, 0.3) is 5.91 Å². The second-order valence-electron chi connectivity index (χ2n) is 6.65. The van der Waals surface area contributed by atoms with Gasteiger partial charge in [-0.15, -0.1) is 0 Å². The van der Waals surface area contributed by atoms with E-state index in [9.17, 15) is 13.2 Å². The van der Waals surface area contributed by atoms with Gasteiger partial charge in [0.1, 0.15) is 11.5 Å². The molecule has 0 aliphatic heterocycles. The zero-order valence-corrected chi connectivity index (χ0v) is 17.5. The van der Waals surface area contributed by atoms with Gasteiger partial charge in [-0.25, -0.2) is 13.1 Å². The number of anilines is 1. The highest BCUT2D eigenvalue weighted by atomic mass is 32.2. The summed E-state index contributed by atoms with van der Waals surface area (Å²) in [5.74, 6) is 0.530. The predicted octanol–water partition coefficient (Wildman–Crippen LogP) is 3.10. The molecule has 0 aliphatic carbocycles. The topological polar surface area (TPSA) is 93.7 Å². The van der Waals surface area contributed by atoms with Crippen molar-refractivity contribution >= 4 is 21.6 Å². The third-order valence-electron chi connectivity index (χ3n) is 3.90. The van der Waals surface area contributed by atoms with Crippen LogP contribution in [-0.2, 0) is 14.8 Å². The minimum atomic E-state index is -3.71. The molecule has 0 unspecified atom stereocenters. The van der Waals surface area contributed by atoms with Crippen molar-refractivity contribution < 1.29 is 22.7 Å². The van der Waals surface area contributed by atoms with Crippen molar-refractivity contribution in [2.75, 3.05) is 12.4 Å². The van der Waals surface area contributed by atoms with Gasteiger partial charge in [0.15, 0.2) is 6.10 Å². The molecule has 0 aromatic heterocycles. The van der Waals surface area contributed by atoms with Gasteiger partial charge in [-0.05, 0) is 57.5 Å². The number of nitrogens with one attached hydrogen (secondary N) is 2. The molecule has 2 aromatic rings. The van der Waals surface area contributed by atoms with E-state index in [4.69, 9.17) is 9.47 Å². The Morgan fingerprint density at radius 3 is 2.32 bits per heavy atom. The third-order valence-corrected chi connectivity index (χ3v) is 5.55. The summed E-state index contributed by atoms with van der Waals surface area (Å²) in [6, 6.07) is 11.4. The molecule has 2 rings (SSSR count). The summed E-state index contributed by atoms with van der Waals surface area (Å²) in [6.45, 7) is 6.97. The Balaban J connectivity index is 2.22. The Morgan fingerprint density at radius 1 is 1.04 bits per heavy atom. The maximum Gasteiger partial charge on any atom is 0.265 e. The lowest BCUT2D eigenvalue weighted by molar-refractivity contribution is -0.122. The Kier molecular flexibility index (Phi) is 7.04. The first-order chi connectivity index (χ1) is 13.1. The molecule has 28 heavy (non-hydrogen) atoms. The molecular weight excluding hydrogens is 380 g/mol. The molecule has 0 aliphatic rings. The number of hydrogen-bond donors (Lipinski definition) is 2. The largest absolute Gasteiger partial charge is 0.495 e. The number of carbonyl (C=O) groups excluding carboxylic acids is 1. The lowest BCUT2D eigenvalue weighted by Gasteiger charge is -2.18. The Morgan fingerprint density at radius 2 is 1.71 bits per heavy atom. The van der Waals surface area contributed by atoms with E-state index >= 15 is 0 Å². The van der Waals surface area contributed by atoms with Gasteiger partial charge in [-0.2, -0.15) is 0 Å². The predicted molar refractivity (Wildman–Crippen MR) is 108 cm³/mol. The van der Waals surface area contributed by atoms with E-state index in [-0.39, 0.29) is 16.6 Å². The van der Waals surface area contributed by atoms with Gasteiger partial charge >= 0.3 is 0 Å². The number of amides is 1. The summed E-state index contributed by atoms with van der Waals surface area (Å²) in [6.07, 6.45) is -0.792. The second-order valence-corrected chi connectivity index (χ2v) is 8.37. The van der Waals surface area contributed by atoms with Crippen molar-refractivity contribution in [3.8, 4) is 11.5 Å². The van der Waals surface area contributed by atoms with Crippen LogP contribution in [0, 0.1) is 6.92 Å². The molecule has 1 amide bonds.